The Hall–Kier alpha value is -3.81. The molecular weight excluding hydrogens is 686 g/mol. The minimum absolute atomic E-state index is 0.00463. The van der Waals surface area contributed by atoms with Crippen LogP contribution in [0.25, 0.3) is 0 Å². The van der Waals surface area contributed by atoms with E-state index in [0.717, 1.165) is 40.2 Å². The highest BCUT2D eigenvalue weighted by Gasteiger charge is 2.38. The second kappa shape index (κ2) is 15.4. The number of alkyl halides is 3. The predicted octanol–water partition coefficient (Wildman–Crippen LogP) is 4.19. The van der Waals surface area contributed by atoms with Crippen LogP contribution in [0.3, 0.4) is 0 Å². The third kappa shape index (κ3) is 10.9. The third-order valence-electron chi connectivity index (χ3n) is 6.62. The number of benzene rings is 2. The lowest BCUT2D eigenvalue weighted by atomic mass is 9.84. The van der Waals surface area contributed by atoms with Gasteiger partial charge < -0.3 is 15.6 Å². The largest absolute Gasteiger partial charge is 0.492 e. The van der Waals surface area contributed by atoms with Crippen molar-refractivity contribution in [2.24, 2.45) is 12.8 Å². The van der Waals surface area contributed by atoms with Crippen molar-refractivity contribution in [3.8, 4) is 5.75 Å². The highest BCUT2D eigenvalue weighted by atomic mass is 32.3. The number of aromatic nitrogens is 2. The molecule has 5 rings (SSSR count). The normalized spacial score (nSPS) is 16.1. The van der Waals surface area contributed by atoms with Gasteiger partial charge in [-0.2, -0.15) is 26.7 Å². The molecule has 0 aliphatic carbocycles. The zero-order valence-electron chi connectivity index (χ0n) is 25.3. The SMILES string of the molecule is Cc1cc(S(=O)(=O)NCc2ccc3c(c2)C(Cc2ccccc2)C(N)CO3)n(C)n1.Cc1csc(S(=O)(=O)O)c1.O=C(O)C(F)(F)F. The number of thiophene rings is 1. The summed E-state index contributed by atoms with van der Waals surface area (Å²) in [6.07, 6.45) is -4.28. The van der Waals surface area contributed by atoms with Crippen molar-refractivity contribution in [1.82, 2.24) is 14.5 Å². The van der Waals surface area contributed by atoms with Crippen LogP contribution in [-0.4, -0.2) is 61.1 Å². The molecule has 0 spiro atoms. The summed E-state index contributed by atoms with van der Waals surface area (Å²) in [7, 11) is -6.01. The number of sulfonamides is 1. The lowest BCUT2D eigenvalue weighted by molar-refractivity contribution is -0.192. The van der Waals surface area contributed by atoms with Gasteiger partial charge in [-0.05, 0) is 66.1 Å². The number of rotatable bonds is 7. The van der Waals surface area contributed by atoms with Crippen LogP contribution in [0.5, 0.6) is 5.75 Å². The Kier molecular flexibility index (Phi) is 12.3. The minimum Gasteiger partial charge on any atom is -0.492 e. The lowest BCUT2D eigenvalue weighted by Gasteiger charge is -2.32. The van der Waals surface area contributed by atoms with Gasteiger partial charge in [0, 0.05) is 25.6 Å². The number of aryl methyl sites for hydroxylation is 3. The van der Waals surface area contributed by atoms with Gasteiger partial charge in [-0.1, -0.05) is 42.5 Å². The Morgan fingerprint density at radius 1 is 1.09 bits per heavy atom. The van der Waals surface area contributed by atoms with E-state index in [-0.39, 0.29) is 27.7 Å². The summed E-state index contributed by atoms with van der Waals surface area (Å²) in [5.74, 6) is -1.84. The van der Waals surface area contributed by atoms with Crippen molar-refractivity contribution >= 4 is 37.4 Å². The van der Waals surface area contributed by atoms with E-state index >= 15 is 0 Å². The first kappa shape index (κ1) is 37.6. The van der Waals surface area contributed by atoms with Crippen molar-refractivity contribution in [3.05, 3.63) is 94.0 Å². The van der Waals surface area contributed by atoms with Gasteiger partial charge >= 0.3 is 22.3 Å². The topological polar surface area (TPSA) is 191 Å². The van der Waals surface area contributed by atoms with Gasteiger partial charge in [0.2, 0.25) is 0 Å². The summed E-state index contributed by atoms with van der Waals surface area (Å²) in [6, 6.07) is 18.9. The van der Waals surface area contributed by atoms with E-state index in [0.29, 0.717) is 12.3 Å². The van der Waals surface area contributed by atoms with Crippen LogP contribution in [0, 0.1) is 13.8 Å². The predicted molar refractivity (Wildman–Crippen MR) is 167 cm³/mol. The van der Waals surface area contributed by atoms with E-state index in [1.807, 2.05) is 36.4 Å². The summed E-state index contributed by atoms with van der Waals surface area (Å²) >= 11 is 1.02. The van der Waals surface area contributed by atoms with Crippen LogP contribution in [0.1, 0.15) is 33.9 Å². The number of carbonyl (C=O) groups is 1. The Morgan fingerprint density at radius 2 is 1.72 bits per heavy atom. The van der Waals surface area contributed by atoms with Gasteiger partial charge in [0.05, 0.1) is 5.69 Å². The number of nitrogens with one attached hydrogen (secondary N) is 1. The fraction of sp³-hybridized carbons (Fsp3) is 0.310. The quantitative estimate of drug-likeness (QED) is 0.202. The van der Waals surface area contributed by atoms with E-state index in [1.54, 1.807) is 32.3 Å². The summed E-state index contributed by atoms with van der Waals surface area (Å²) in [5.41, 5.74) is 11.0. The molecule has 0 radical (unpaired) electrons. The van der Waals surface area contributed by atoms with Gasteiger partial charge in [0.25, 0.3) is 10.0 Å². The Labute approximate surface area is 273 Å². The van der Waals surface area contributed by atoms with Crippen molar-refractivity contribution in [2.45, 2.75) is 54.2 Å². The maximum absolute atomic E-state index is 12.7. The molecule has 12 nitrogen and oxygen atoms in total. The van der Waals surface area contributed by atoms with Crippen molar-refractivity contribution in [1.29, 1.82) is 0 Å². The zero-order chi connectivity index (χ0) is 35.2. The minimum atomic E-state index is -5.08. The van der Waals surface area contributed by atoms with Crippen LogP contribution in [-0.2, 0) is 44.9 Å². The Balaban J connectivity index is 0.000000289. The zero-order valence-corrected chi connectivity index (χ0v) is 27.8. The number of hydrogen-bond acceptors (Lipinski definition) is 9. The molecule has 3 heterocycles. The fourth-order valence-electron chi connectivity index (χ4n) is 4.42. The summed E-state index contributed by atoms with van der Waals surface area (Å²) in [6.45, 7) is 4.17. The van der Waals surface area contributed by atoms with Crippen LogP contribution < -0.4 is 15.2 Å². The molecule has 1 aliphatic heterocycles. The number of ether oxygens (including phenoxy) is 1. The van der Waals surface area contributed by atoms with Crippen LogP contribution in [0.4, 0.5) is 13.2 Å². The average Bonchev–Trinajstić information content (AvgIpc) is 3.59. The van der Waals surface area contributed by atoms with Gasteiger partial charge in [-0.3, -0.25) is 9.23 Å². The molecule has 1 aliphatic rings. The highest BCUT2D eigenvalue weighted by Crippen LogP contribution is 2.36. The molecule has 2 unspecified atom stereocenters. The number of halogens is 3. The van der Waals surface area contributed by atoms with Crippen LogP contribution in [0.2, 0.25) is 0 Å². The van der Waals surface area contributed by atoms with Crippen molar-refractivity contribution < 1.29 is 49.2 Å². The van der Waals surface area contributed by atoms with Crippen molar-refractivity contribution in [3.63, 3.8) is 0 Å². The Morgan fingerprint density at radius 3 is 2.21 bits per heavy atom. The van der Waals surface area contributed by atoms with Gasteiger partial charge in [-0.25, -0.2) is 17.9 Å². The molecule has 18 heteroatoms. The number of aliphatic carboxylic acids is 1. The molecule has 2 aromatic carbocycles. The maximum atomic E-state index is 12.7. The van der Waals surface area contributed by atoms with E-state index in [9.17, 15) is 30.0 Å². The number of nitrogens with two attached hydrogens (primary N) is 1. The molecule has 47 heavy (non-hydrogen) atoms. The fourth-order valence-corrected chi connectivity index (χ4v) is 7.23. The smallest absolute Gasteiger partial charge is 0.490 e. The molecule has 5 N–H and O–H groups in total. The first-order chi connectivity index (χ1) is 21.8. The number of nitrogens with zero attached hydrogens (tertiary/aromatic N) is 2. The average molecular weight is 719 g/mol. The number of hydrogen-bond donors (Lipinski definition) is 4. The molecule has 0 fully saturated rings. The number of fused-ring (bicyclic) bond motifs is 1. The first-order valence-electron chi connectivity index (χ1n) is 13.7. The second-order valence-electron chi connectivity index (χ2n) is 10.4. The van der Waals surface area contributed by atoms with Gasteiger partial charge in [-0.15, -0.1) is 11.3 Å². The number of carboxylic acid groups (broad SMARTS) is 1. The molecule has 0 saturated heterocycles. The Bertz CT molecular complexity index is 1890. The van der Waals surface area contributed by atoms with E-state index in [2.05, 4.69) is 22.0 Å². The molecule has 0 amide bonds. The highest BCUT2D eigenvalue weighted by molar-refractivity contribution is 7.89. The molecule has 0 saturated carbocycles. The summed E-state index contributed by atoms with van der Waals surface area (Å²) in [4.78, 5) is 8.90. The molecule has 256 valence electrons. The van der Waals surface area contributed by atoms with Gasteiger partial charge in [0.15, 0.2) is 5.03 Å². The first-order valence-corrected chi connectivity index (χ1v) is 17.5. The molecule has 2 aromatic heterocycles. The van der Waals surface area contributed by atoms with E-state index in [1.165, 1.54) is 16.3 Å². The van der Waals surface area contributed by atoms with E-state index < -0.39 is 32.3 Å². The maximum Gasteiger partial charge on any atom is 0.490 e. The van der Waals surface area contributed by atoms with Crippen molar-refractivity contribution in [2.75, 3.05) is 6.61 Å². The summed E-state index contributed by atoms with van der Waals surface area (Å²) in [5, 5.41) is 13.1. The van der Waals surface area contributed by atoms with Crippen LogP contribution in [0.15, 0.2) is 75.3 Å². The standard InChI is InChI=1S/C22H26N4O3S.C5H6O3S2.C2HF3O2/c1-15-10-22(26(2)25-15)30(27,28)24-13-17-8-9-21-19(12-17)18(20(23)14-29-21)11-16-6-4-3-5-7-16;1-4-2-5(9-3-4)10(6,7)8;3-2(4,5)1(6)7/h3-10,12,18,20,24H,11,13-14,23H2,1-2H3;2-3H,1H3,(H,6,7,8);(H,6,7). The molecule has 0 bridgehead atoms. The molecule has 4 aromatic rings. The van der Waals surface area contributed by atoms with Gasteiger partial charge in [0.1, 0.15) is 16.6 Å². The number of carboxylic acids is 1. The third-order valence-corrected chi connectivity index (χ3v) is 10.5. The molecule has 2 atom stereocenters. The second-order valence-corrected chi connectivity index (χ2v) is 14.7. The monoisotopic (exact) mass is 718 g/mol. The van der Waals surface area contributed by atoms with E-state index in [4.69, 9.17) is 24.9 Å². The van der Waals surface area contributed by atoms with Crippen LogP contribution >= 0.6 is 11.3 Å². The molecular formula is C29H33F3N4O8S3. The lowest BCUT2D eigenvalue weighted by Crippen LogP contribution is -2.39. The summed E-state index contributed by atoms with van der Waals surface area (Å²) < 4.78 is 96.2.